The van der Waals surface area contributed by atoms with Gasteiger partial charge in [-0.25, -0.2) is 4.98 Å². The average molecular weight is 379 g/mol. The van der Waals surface area contributed by atoms with Crippen LogP contribution < -0.4 is 11.1 Å². The number of fused-ring (bicyclic) bond motifs is 2. The molecule has 2 heterocycles. The minimum absolute atomic E-state index is 0.0588. The normalized spacial score (nSPS) is 11.5. The van der Waals surface area contributed by atoms with Gasteiger partial charge in [-0.15, -0.1) is 5.10 Å². The molecule has 0 atom stereocenters. The minimum atomic E-state index is -0.215. The van der Waals surface area contributed by atoms with Crippen LogP contribution in [0.25, 0.3) is 21.8 Å². The Morgan fingerprint density at radius 2 is 1.56 bits per heavy atom. The second-order valence-corrected chi connectivity index (χ2v) is 7.28. The molecule has 0 aliphatic rings. The maximum absolute atomic E-state index is 12.9. The highest BCUT2D eigenvalue weighted by atomic mass is 32.2. The lowest BCUT2D eigenvalue weighted by Crippen LogP contribution is -2.26. The molecule has 0 spiro atoms. The third-order valence-electron chi connectivity index (χ3n) is 4.24. The molecule has 0 saturated carbocycles. The summed E-state index contributed by atoms with van der Waals surface area (Å²) in [5.41, 5.74) is 0.896. The summed E-state index contributed by atoms with van der Waals surface area (Å²) in [5, 5.41) is 9.74. The Bertz CT molecular complexity index is 1260. The molecule has 4 aromatic rings. The first-order valence-electron chi connectivity index (χ1n) is 8.53. The number of hydrogen-bond acceptors (Lipinski definition) is 6. The lowest BCUT2D eigenvalue weighted by molar-refractivity contribution is 0.517. The first-order valence-corrected chi connectivity index (χ1v) is 9.51. The molecule has 0 amide bonds. The molecule has 8 heteroatoms. The quantitative estimate of drug-likeness (QED) is 0.401. The van der Waals surface area contributed by atoms with Gasteiger partial charge in [0.2, 0.25) is 0 Å². The van der Waals surface area contributed by atoms with E-state index >= 15 is 0 Å². The van der Waals surface area contributed by atoms with Crippen molar-refractivity contribution in [2.75, 3.05) is 0 Å². The van der Waals surface area contributed by atoms with E-state index in [0.29, 0.717) is 27.0 Å². The highest BCUT2D eigenvalue weighted by Gasteiger charge is 2.15. The molecule has 0 unspecified atom stereocenters. The zero-order valence-electron chi connectivity index (χ0n) is 14.9. The molecule has 0 radical (unpaired) electrons. The van der Waals surface area contributed by atoms with Crippen molar-refractivity contribution in [3.8, 4) is 0 Å². The fourth-order valence-electron chi connectivity index (χ4n) is 2.91. The van der Waals surface area contributed by atoms with Gasteiger partial charge >= 0.3 is 0 Å². The molecule has 0 N–H and O–H groups in total. The maximum Gasteiger partial charge on any atom is 0.278 e. The van der Waals surface area contributed by atoms with Crippen molar-refractivity contribution >= 4 is 33.6 Å². The SMILES string of the molecule is CC(C)n1c(SCn2nnc3ccccc3c2=O)nc2ccccc2c1=O. The first-order chi connectivity index (χ1) is 13.1. The summed E-state index contributed by atoms with van der Waals surface area (Å²) in [4.78, 5) is 30.1. The topological polar surface area (TPSA) is 82.7 Å². The number of aromatic nitrogens is 5. The smallest absolute Gasteiger partial charge is 0.278 e. The summed E-state index contributed by atoms with van der Waals surface area (Å²) in [6.45, 7) is 3.87. The Morgan fingerprint density at radius 1 is 0.926 bits per heavy atom. The number of benzene rings is 2. The van der Waals surface area contributed by atoms with Crippen LogP contribution in [-0.2, 0) is 5.88 Å². The zero-order valence-corrected chi connectivity index (χ0v) is 15.7. The van der Waals surface area contributed by atoms with Crippen LogP contribution in [-0.4, -0.2) is 24.5 Å². The summed E-state index contributed by atoms with van der Waals surface area (Å²) in [7, 11) is 0. The van der Waals surface area contributed by atoms with Gasteiger partial charge < -0.3 is 0 Å². The van der Waals surface area contributed by atoms with E-state index < -0.39 is 0 Å². The Morgan fingerprint density at radius 3 is 2.26 bits per heavy atom. The van der Waals surface area contributed by atoms with Crippen molar-refractivity contribution < 1.29 is 0 Å². The van der Waals surface area contributed by atoms with Crippen molar-refractivity contribution in [3.05, 3.63) is 69.2 Å². The van der Waals surface area contributed by atoms with Crippen LogP contribution in [0.3, 0.4) is 0 Å². The van der Waals surface area contributed by atoms with E-state index in [2.05, 4.69) is 15.3 Å². The summed E-state index contributed by atoms with van der Waals surface area (Å²) in [6, 6.07) is 14.3. The van der Waals surface area contributed by atoms with Gasteiger partial charge in [0.15, 0.2) is 5.16 Å². The molecule has 4 rings (SSSR count). The summed E-state index contributed by atoms with van der Waals surface area (Å²) >= 11 is 1.29. The molecule has 7 nitrogen and oxygen atoms in total. The fraction of sp³-hybridized carbons (Fsp3) is 0.211. The van der Waals surface area contributed by atoms with Crippen LogP contribution in [0.2, 0.25) is 0 Å². The number of hydrogen-bond donors (Lipinski definition) is 0. The van der Waals surface area contributed by atoms with Crippen LogP contribution >= 0.6 is 11.8 Å². The Hall–Kier alpha value is -3.00. The summed E-state index contributed by atoms with van der Waals surface area (Å²) in [6.07, 6.45) is 0. The van der Waals surface area contributed by atoms with Gasteiger partial charge in [-0.2, -0.15) is 4.68 Å². The molecule has 136 valence electrons. The summed E-state index contributed by atoms with van der Waals surface area (Å²) in [5.74, 6) is 0.216. The van der Waals surface area contributed by atoms with Crippen LogP contribution in [0, 0.1) is 0 Å². The Balaban J connectivity index is 1.76. The molecular formula is C19H17N5O2S. The monoisotopic (exact) mass is 379 g/mol. The van der Waals surface area contributed by atoms with Crippen molar-refractivity contribution in [3.63, 3.8) is 0 Å². The number of nitrogens with zero attached hydrogens (tertiary/aromatic N) is 5. The average Bonchev–Trinajstić information content (AvgIpc) is 2.67. The number of para-hydroxylation sites is 1. The van der Waals surface area contributed by atoms with E-state index in [1.165, 1.54) is 16.4 Å². The molecule has 2 aromatic carbocycles. The van der Waals surface area contributed by atoms with E-state index in [4.69, 9.17) is 0 Å². The van der Waals surface area contributed by atoms with E-state index in [1.54, 1.807) is 28.8 Å². The first kappa shape index (κ1) is 17.4. The predicted octanol–water partition coefficient (Wildman–Crippen LogP) is 2.83. The lowest BCUT2D eigenvalue weighted by Gasteiger charge is -2.16. The van der Waals surface area contributed by atoms with Gasteiger partial charge in [0.05, 0.1) is 22.2 Å². The van der Waals surface area contributed by atoms with Gasteiger partial charge in [-0.05, 0) is 38.1 Å². The molecular weight excluding hydrogens is 362 g/mol. The Kier molecular flexibility index (Phi) is 4.49. The van der Waals surface area contributed by atoms with Gasteiger partial charge in [0.1, 0.15) is 5.52 Å². The van der Waals surface area contributed by atoms with E-state index in [1.807, 2.05) is 38.1 Å². The highest BCUT2D eigenvalue weighted by Crippen LogP contribution is 2.21. The van der Waals surface area contributed by atoms with Gasteiger partial charge in [-0.1, -0.05) is 41.2 Å². The van der Waals surface area contributed by atoms with Gasteiger partial charge in [0.25, 0.3) is 11.1 Å². The fourth-order valence-corrected chi connectivity index (χ4v) is 3.91. The van der Waals surface area contributed by atoms with Crippen molar-refractivity contribution in [2.24, 2.45) is 0 Å². The molecule has 27 heavy (non-hydrogen) atoms. The molecule has 0 fully saturated rings. The molecule has 0 aliphatic carbocycles. The van der Waals surface area contributed by atoms with E-state index in [-0.39, 0.29) is 23.0 Å². The number of thioether (sulfide) groups is 1. The number of rotatable bonds is 4. The maximum atomic E-state index is 12.9. The third-order valence-corrected chi connectivity index (χ3v) is 5.16. The van der Waals surface area contributed by atoms with Crippen LogP contribution in [0.15, 0.2) is 63.3 Å². The largest absolute Gasteiger partial charge is 0.284 e. The van der Waals surface area contributed by atoms with Crippen molar-refractivity contribution in [2.45, 2.75) is 30.9 Å². The van der Waals surface area contributed by atoms with Gasteiger partial charge in [0, 0.05) is 6.04 Å². The molecule has 2 aromatic heterocycles. The third kappa shape index (κ3) is 3.12. The minimum Gasteiger partial charge on any atom is -0.284 e. The van der Waals surface area contributed by atoms with Crippen LogP contribution in [0.1, 0.15) is 19.9 Å². The summed E-state index contributed by atoms with van der Waals surface area (Å²) < 4.78 is 2.94. The second-order valence-electron chi connectivity index (χ2n) is 6.37. The van der Waals surface area contributed by atoms with Crippen molar-refractivity contribution in [1.29, 1.82) is 0 Å². The Labute approximate surface area is 158 Å². The van der Waals surface area contributed by atoms with E-state index in [9.17, 15) is 9.59 Å². The molecule has 0 bridgehead atoms. The van der Waals surface area contributed by atoms with Crippen LogP contribution in [0.5, 0.6) is 0 Å². The molecule has 0 saturated heterocycles. The standard InChI is InChI=1S/C19H17N5O2S/c1-12(2)24-18(26)13-7-3-5-9-15(13)20-19(24)27-11-23-17(25)14-8-4-6-10-16(14)21-22-23/h3-10,12H,11H2,1-2H3. The lowest BCUT2D eigenvalue weighted by atomic mass is 10.2. The van der Waals surface area contributed by atoms with Gasteiger partial charge in [-0.3, -0.25) is 14.2 Å². The predicted molar refractivity (Wildman–Crippen MR) is 106 cm³/mol. The van der Waals surface area contributed by atoms with E-state index in [0.717, 1.165) is 0 Å². The second kappa shape index (κ2) is 6.96. The molecule has 0 aliphatic heterocycles. The van der Waals surface area contributed by atoms with Crippen LogP contribution in [0.4, 0.5) is 0 Å². The zero-order chi connectivity index (χ0) is 19.0. The highest BCUT2D eigenvalue weighted by molar-refractivity contribution is 7.98. The van der Waals surface area contributed by atoms with Crippen molar-refractivity contribution in [1.82, 2.24) is 24.5 Å².